The van der Waals surface area contributed by atoms with Crippen LogP contribution in [0.5, 0.6) is 0 Å². The average molecular weight is 443 g/mol. The lowest BCUT2D eigenvalue weighted by atomic mass is 9.98. The predicted octanol–water partition coefficient (Wildman–Crippen LogP) is 8.44. The van der Waals surface area contributed by atoms with Crippen molar-refractivity contribution in [3.63, 3.8) is 0 Å². The molecule has 3 heteroatoms. The number of hydrogen-bond acceptors (Lipinski definition) is 2. The summed E-state index contributed by atoms with van der Waals surface area (Å²) >= 11 is 6.03. The van der Waals surface area contributed by atoms with Gasteiger partial charge < -0.3 is 0 Å². The van der Waals surface area contributed by atoms with E-state index in [2.05, 4.69) is 77.8 Å². The highest BCUT2D eigenvalue weighted by Crippen LogP contribution is 2.30. The normalized spacial score (nSPS) is 11.2. The molecule has 0 saturated heterocycles. The third kappa shape index (κ3) is 3.86. The Morgan fingerprint density at radius 2 is 1.06 bits per heavy atom. The summed E-state index contributed by atoms with van der Waals surface area (Å²) in [6, 6.07) is 35.5. The molecule has 0 fully saturated rings. The first-order chi connectivity index (χ1) is 16.2. The molecule has 2 aromatic heterocycles. The van der Waals surface area contributed by atoms with Crippen molar-refractivity contribution in [1.82, 2.24) is 9.97 Å². The number of hydrogen-bond donors (Lipinski definition) is 0. The summed E-state index contributed by atoms with van der Waals surface area (Å²) in [7, 11) is 0. The Balaban J connectivity index is 1.30. The van der Waals surface area contributed by atoms with Crippen molar-refractivity contribution in [2.75, 3.05) is 0 Å². The predicted molar refractivity (Wildman–Crippen MR) is 138 cm³/mol. The summed E-state index contributed by atoms with van der Waals surface area (Å²) in [5, 5.41) is 4.28. The Morgan fingerprint density at radius 1 is 0.455 bits per heavy atom. The van der Waals surface area contributed by atoms with Gasteiger partial charge in [-0.25, -0.2) is 0 Å². The smallest absolute Gasteiger partial charge is 0.0718 e. The number of pyridine rings is 2. The van der Waals surface area contributed by atoms with Crippen molar-refractivity contribution in [2.24, 2.45) is 0 Å². The average Bonchev–Trinajstić information content (AvgIpc) is 2.88. The van der Waals surface area contributed by atoms with Crippen molar-refractivity contribution >= 4 is 33.3 Å². The number of nitrogens with zero attached hydrogens (tertiary/aromatic N) is 2. The van der Waals surface area contributed by atoms with E-state index in [1.807, 2.05) is 42.7 Å². The summed E-state index contributed by atoms with van der Waals surface area (Å²) in [6.45, 7) is 0. The first-order valence-corrected chi connectivity index (χ1v) is 11.2. The van der Waals surface area contributed by atoms with Gasteiger partial charge >= 0.3 is 0 Å². The topological polar surface area (TPSA) is 25.8 Å². The number of para-hydroxylation sites is 1. The molecular formula is C30H19ClN2. The summed E-state index contributed by atoms with van der Waals surface area (Å²) in [4.78, 5) is 9.28. The molecule has 0 aliphatic carbocycles. The maximum atomic E-state index is 6.03. The minimum atomic E-state index is 0.751. The van der Waals surface area contributed by atoms with Gasteiger partial charge in [-0.15, -0.1) is 0 Å². The van der Waals surface area contributed by atoms with Gasteiger partial charge in [-0.2, -0.15) is 0 Å². The molecular weight excluding hydrogens is 424 g/mol. The third-order valence-electron chi connectivity index (χ3n) is 6.00. The van der Waals surface area contributed by atoms with Crippen LogP contribution in [0.2, 0.25) is 5.02 Å². The van der Waals surface area contributed by atoms with E-state index >= 15 is 0 Å². The van der Waals surface area contributed by atoms with Crippen LogP contribution in [-0.2, 0) is 0 Å². The molecule has 6 rings (SSSR count). The molecule has 0 spiro atoms. The molecule has 0 unspecified atom stereocenters. The first-order valence-electron chi connectivity index (χ1n) is 10.8. The van der Waals surface area contributed by atoms with E-state index in [-0.39, 0.29) is 0 Å². The number of aromatic nitrogens is 2. The van der Waals surface area contributed by atoms with Gasteiger partial charge in [-0.05, 0) is 69.9 Å². The first kappa shape index (κ1) is 19.7. The van der Waals surface area contributed by atoms with Gasteiger partial charge in [0.05, 0.1) is 11.2 Å². The third-order valence-corrected chi connectivity index (χ3v) is 6.25. The van der Waals surface area contributed by atoms with Crippen LogP contribution in [0, 0.1) is 0 Å². The van der Waals surface area contributed by atoms with Crippen molar-refractivity contribution in [3.05, 3.63) is 121 Å². The molecule has 0 bridgehead atoms. The summed E-state index contributed by atoms with van der Waals surface area (Å²) < 4.78 is 0. The zero-order chi connectivity index (χ0) is 22.2. The quantitative estimate of drug-likeness (QED) is 0.275. The fourth-order valence-corrected chi connectivity index (χ4v) is 4.32. The van der Waals surface area contributed by atoms with E-state index in [1.165, 1.54) is 16.3 Å². The Bertz CT molecular complexity index is 1600. The summed E-state index contributed by atoms with van der Waals surface area (Å²) in [6.07, 6.45) is 3.83. The van der Waals surface area contributed by atoms with Crippen molar-refractivity contribution in [3.8, 4) is 33.5 Å². The van der Waals surface area contributed by atoms with Crippen LogP contribution in [0.4, 0.5) is 0 Å². The zero-order valence-electron chi connectivity index (χ0n) is 17.7. The maximum absolute atomic E-state index is 6.03. The van der Waals surface area contributed by atoms with Gasteiger partial charge in [0.1, 0.15) is 0 Å². The highest BCUT2D eigenvalue weighted by molar-refractivity contribution is 6.30. The SMILES string of the molecule is Clc1ccc(-c2ccc3cc(-c4ccc(-c5cnc6ccccc6c5)nc4)ccc3c2)cc1. The lowest BCUT2D eigenvalue weighted by Crippen LogP contribution is -1.87. The molecule has 0 amide bonds. The Kier molecular flexibility index (Phi) is 4.86. The monoisotopic (exact) mass is 442 g/mol. The van der Waals surface area contributed by atoms with E-state index in [0.29, 0.717) is 0 Å². The van der Waals surface area contributed by atoms with Crippen LogP contribution < -0.4 is 0 Å². The zero-order valence-corrected chi connectivity index (χ0v) is 18.5. The standard InChI is InChI=1S/C30H19ClN2/c31-28-12-9-20(10-13-28)21-5-6-23-16-24(8-7-22(23)15-21)26-11-14-30(32-18-26)27-17-25-3-1-2-4-29(25)33-19-27/h1-19H. The van der Waals surface area contributed by atoms with Crippen LogP contribution in [0.1, 0.15) is 0 Å². The maximum Gasteiger partial charge on any atom is 0.0718 e. The van der Waals surface area contributed by atoms with Gasteiger partial charge in [0.15, 0.2) is 0 Å². The second-order valence-electron chi connectivity index (χ2n) is 8.13. The minimum absolute atomic E-state index is 0.751. The molecule has 0 radical (unpaired) electrons. The Hall–Kier alpha value is -4.01. The van der Waals surface area contributed by atoms with Crippen molar-refractivity contribution < 1.29 is 0 Å². The van der Waals surface area contributed by atoms with Crippen molar-refractivity contribution in [2.45, 2.75) is 0 Å². The molecule has 6 aromatic rings. The molecule has 4 aromatic carbocycles. The lowest BCUT2D eigenvalue weighted by Gasteiger charge is -2.08. The van der Waals surface area contributed by atoms with Crippen LogP contribution >= 0.6 is 11.6 Å². The molecule has 33 heavy (non-hydrogen) atoms. The van der Waals surface area contributed by atoms with Gasteiger partial charge in [0.2, 0.25) is 0 Å². The Labute approximate surface area is 197 Å². The van der Waals surface area contributed by atoms with E-state index in [0.717, 1.165) is 43.9 Å². The largest absolute Gasteiger partial charge is 0.256 e. The van der Waals surface area contributed by atoms with E-state index < -0.39 is 0 Å². The molecule has 0 N–H and O–H groups in total. The second kappa shape index (κ2) is 8.16. The summed E-state index contributed by atoms with van der Waals surface area (Å²) in [5.74, 6) is 0. The number of halogens is 1. The van der Waals surface area contributed by atoms with E-state index in [4.69, 9.17) is 16.6 Å². The molecule has 2 heterocycles. The van der Waals surface area contributed by atoms with Gasteiger partial charge in [0, 0.05) is 33.9 Å². The van der Waals surface area contributed by atoms with Crippen molar-refractivity contribution in [1.29, 1.82) is 0 Å². The Morgan fingerprint density at radius 3 is 1.79 bits per heavy atom. The molecule has 0 atom stereocenters. The highest BCUT2D eigenvalue weighted by atomic mass is 35.5. The number of benzene rings is 4. The lowest BCUT2D eigenvalue weighted by molar-refractivity contribution is 1.31. The fourth-order valence-electron chi connectivity index (χ4n) is 4.19. The van der Waals surface area contributed by atoms with E-state index in [9.17, 15) is 0 Å². The van der Waals surface area contributed by atoms with E-state index in [1.54, 1.807) is 0 Å². The number of fused-ring (bicyclic) bond motifs is 2. The van der Waals surface area contributed by atoms with Crippen LogP contribution in [0.15, 0.2) is 116 Å². The molecule has 0 aliphatic heterocycles. The second-order valence-corrected chi connectivity index (χ2v) is 8.57. The molecule has 156 valence electrons. The van der Waals surface area contributed by atoms with Crippen LogP contribution in [-0.4, -0.2) is 9.97 Å². The number of rotatable bonds is 3. The van der Waals surface area contributed by atoms with Gasteiger partial charge in [-0.3, -0.25) is 9.97 Å². The van der Waals surface area contributed by atoms with Crippen LogP contribution in [0.3, 0.4) is 0 Å². The molecule has 2 nitrogen and oxygen atoms in total. The van der Waals surface area contributed by atoms with Gasteiger partial charge in [-0.1, -0.05) is 72.3 Å². The molecule has 0 saturated carbocycles. The summed E-state index contributed by atoms with van der Waals surface area (Å²) in [5.41, 5.74) is 7.52. The fraction of sp³-hybridized carbons (Fsp3) is 0. The minimum Gasteiger partial charge on any atom is -0.256 e. The highest BCUT2D eigenvalue weighted by Gasteiger charge is 2.06. The van der Waals surface area contributed by atoms with Gasteiger partial charge in [0.25, 0.3) is 0 Å². The van der Waals surface area contributed by atoms with Crippen LogP contribution in [0.25, 0.3) is 55.2 Å². The molecule has 0 aliphatic rings.